The molecule has 132 valence electrons. The van der Waals surface area contributed by atoms with E-state index in [1.54, 1.807) is 4.52 Å². The Morgan fingerprint density at radius 2 is 1.76 bits per heavy atom. The lowest BCUT2D eigenvalue weighted by Crippen LogP contribution is -2.16. The fourth-order valence-corrected chi connectivity index (χ4v) is 3.43. The maximum absolute atomic E-state index is 12.7. The Labute approximate surface area is 148 Å². The zero-order chi connectivity index (χ0) is 17.8. The van der Waals surface area contributed by atoms with E-state index in [4.69, 9.17) is 10.1 Å². The van der Waals surface area contributed by atoms with Crippen LogP contribution in [-0.2, 0) is 6.42 Å². The predicted molar refractivity (Wildman–Crippen MR) is 101 cm³/mol. The number of aryl methyl sites for hydroxylation is 1. The number of aromatic amines is 1. The third-order valence-corrected chi connectivity index (χ3v) is 4.62. The van der Waals surface area contributed by atoms with Gasteiger partial charge >= 0.3 is 0 Å². The molecule has 0 aliphatic rings. The third kappa shape index (κ3) is 3.36. The Bertz CT molecular complexity index is 889. The van der Waals surface area contributed by atoms with Crippen molar-refractivity contribution in [1.29, 1.82) is 0 Å². The van der Waals surface area contributed by atoms with E-state index in [1.807, 2.05) is 37.3 Å². The minimum absolute atomic E-state index is 0.115. The van der Waals surface area contributed by atoms with Crippen molar-refractivity contribution in [1.82, 2.24) is 19.6 Å². The molecule has 0 aliphatic carbocycles. The molecule has 0 atom stereocenters. The van der Waals surface area contributed by atoms with Crippen LogP contribution in [0.1, 0.15) is 63.9 Å². The molecule has 0 spiro atoms. The first-order chi connectivity index (χ1) is 12.2. The number of hydrogen-bond acceptors (Lipinski definition) is 3. The van der Waals surface area contributed by atoms with Crippen LogP contribution in [0.4, 0.5) is 0 Å². The van der Waals surface area contributed by atoms with Gasteiger partial charge in [-0.15, -0.1) is 5.10 Å². The van der Waals surface area contributed by atoms with E-state index in [0.717, 1.165) is 49.2 Å². The number of nitrogens with one attached hydrogen (secondary N) is 1. The van der Waals surface area contributed by atoms with Crippen LogP contribution in [-0.4, -0.2) is 19.6 Å². The highest BCUT2D eigenvalue weighted by molar-refractivity contribution is 5.57. The van der Waals surface area contributed by atoms with Crippen molar-refractivity contribution in [3.05, 3.63) is 52.2 Å². The molecule has 2 aromatic heterocycles. The van der Waals surface area contributed by atoms with Gasteiger partial charge in [0, 0.05) is 11.5 Å². The molecular formula is C20H26N4O. The van der Waals surface area contributed by atoms with Crippen LogP contribution in [0, 0.1) is 0 Å². The monoisotopic (exact) mass is 338 g/mol. The van der Waals surface area contributed by atoms with E-state index in [-0.39, 0.29) is 5.56 Å². The number of aromatic nitrogens is 4. The Morgan fingerprint density at radius 3 is 2.36 bits per heavy atom. The quantitative estimate of drug-likeness (QED) is 0.697. The van der Waals surface area contributed by atoms with Crippen molar-refractivity contribution in [2.24, 2.45) is 0 Å². The van der Waals surface area contributed by atoms with Crippen LogP contribution in [0.15, 0.2) is 35.1 Å². The topological polar surface area (TPSA) is 63.0 Å². The minimum Gasteiger partial charge on any atom is -0.303 e. The van der Waals surface area contributed by atoms with E-state index in [1.165, 1.54) is 0 Å². The smallest absolute Gasteiger partial charge is 0.277 e. The molecule has 0 saturated carbocycles. The first kappa shape index (κ1) is 17.4. The summed E-state index contributed by atoms with van der Waals surface area (Å²) >= 11 is 0. The van der Waals surface area contributed by atoms with Gasteiger partial charge in [0.15, 0.2) is 11.3 Å². The van der Waals surface area contributed by atoms with Crippen molar-refractivity contribution in [3.8, 4) is 11.4 Å². The molecule has 0 fully saturated rings. The Hall–Kier alpha value is -2.43. The summed E-state index contributed by atoms with van der Waals surface area (Å²) in [6.07, 6.45) is 5.03. The van der Waals surface area contributed by atoms with Crippen molar-refractivity contribution in [2.75, 3.05) is 0 Å². The van der Waals surface area contributed by atoms with Gasteiger partial charge in [-0.3, -0.25) is 4.79 Å². The number of rotatable bonds is 7. The largest absolute Gasteiger partial charge is 0.303 e. The molecule has 5 nitrogen and oxygen atoms in total. The van der Waals surface area contributed by atoms with Gasteiger partial charge < -0.3 is 4.98 Å². The van der Waals surface area contributed by atoms with Crippen molar-refractivity contribution < 1.29 is 0 Å². The minimum atomic E-state index is -0.115. The zero-order valence-corrected chi connectivity index (χ0v) is 15.2. The summed E-state index contributed by atoms with van der Waals surface area (Å²) in [5, 5.41) is 4.76. The van der Waals surface area contributed by atoms with Gasteiger partial charge in [-0.25, -0.2) is 9.50 Å². The number of hydrogen-bond donors (Lipinski definition) is 1. The predicted octanol–water partition coefficient (Wildman–Crippen LogP) is 4.33. The molecule has 0 unspecified atom stereocenters. The van der Waals surface area contributed by atoms with Crippen molar-refractivity contribution in [3.63, 3.8) is 0 Å². The van der Waals surface area contributed by atoms with Crippen molar-refractivity contribution >= 4 is 5.52 Å². The summed E-state index contributed by atoms with van der Waals surface area (Å²) in [4.78, 5) is 20.5. The van der Waals surface area contributed by atoms with Crippen LogP contribution >= 0.6 is 0 Å². The lowest BCUT2D eigenvalue weighted by atomic mass is 9.98. The summed E-state index contributed by atoms with van der Waals surface area (Å²) < 4.78 is 1.80. The van der Waals surface area contributed by atoms with Gasteiger partial charge in [0.1, 0.15) is 5.82 Å². The Morgan fingerprint density at radius 1 is 1.08 bits per heavy atom. The molecule has 0 bridgehead atoms. The first-order valence-electron chi connectivity index (χ1n) is 9.26. The van der Waals surface area contributed by atoms with E-state index in [2.05, 4.69) is 18.8 Å². The Kier molecular flexibility index (Phi) is 5.31. The second-order valence-corrected chi connectivity index (χ2v) is 6.47. The normalized spacial score (nSPS) is 11.5. The molecule has 0 amide bonds. The molecule has 3 rings (SSSR count). The van der Waals surface area contributed by atoms with Crippen LogP contribution in [0.2, 0.25) is 0 Å². The molecule has 2 heterocycles. The molecule has 0 saturated heterocycles. The summed E-state index contributed by atoms with van der Waals surface area (Å²) in [5.41, 5.74) is 2.22. The SMILES string of the molecule is CCCC(CCC)c1nc(CC)c2c(=O)[nH]c(-c3ccccc3)nn12. The van der Waals surface area contributed by atoms with E-state index < -0.39 is 0 Å². The highest BCUT2D eigenvalue weighted by atomic mass is 16.1. The maximum Gasteiger partial charge on any atom is 0.277 e. The van der Waals surface area contributed by atoms with Gasteiger partial charge in [0.05, 0.1) is 5.69 Å². The molecule has 1 N–H and O–H groups in total. The van der Waals surface area contributed by atoms with Crippen LogP contribution in [0.5, 0.6) is 0 Å². The maximum atomic E-state index is 12.7. The average Bonchev–Trinajstić information content (AvgIpc) is 3.01. The number of H-pyrrole nitrogens is 1. The van der Waals surface area contributed by atoms with Crippen LogP contribution in [0.3, 0.4) is 0 Å². The van der Waals surface area contributed by atoms with Gasteiger partial charge in [-0.1, -0.05) is 63.9 Å². The zero-order valence-electron chi connectivity index (χ0n) is 15.2. The number of nitrogens with zero attached hydrogens (tertiary/aromatic N) is 3. The fraction of sp³-hybridized carbons (Fsp3) is 0.450. The molecule has 3 aromatic rings. The average molecular weight is 338 g/mol. The van der Waals surface area contributed by atoms with Gasteiger partial charge in [0.25, 0.3) is 5.56 Å². The van der Waals surface area contributed by atoms with Gasteiger partial charge in [-0.2, -0.15) is 0 Å². The number of imidazole rings is 1. The summed E-state index contributed by atoms with van der Waals surface area (Å²) in [7, 11) is 0. The van der Waals surface area contributed by atoms with Crippen molar-refractivity contribution in [2.45, 2.75) is 58.8 Å². The first-order valence-corrected chi connectivity index (χ1v) is 9.26. The van der Waals surface area contributed by atoms with E-state index in [9.17, 15) is 4.79 Å². The van der Waals surface area contributed by atoms with Crippen LogP contribution in [0.25, 0.3) is 16.9 Å². The lowest BCUT2D eigenvalue weighted by Gasteiger charge is -2.13. The highest BCUT2D eigenvalue weighted by Crippen LogP contribution is 2.27. The summed E-state index contributed by atoms with van der Waals surface area (Å²) in [6.45, 7) is 6.41. The van der Waals surface area contributed by atoms with Gasteiger partial charge in [0.2, 0.25) is 0 Å². The number of benzene rings is 1. The lowest BCUT2D eigenvalue weighted by molar-refractivity contribution is 0.522. The molecule has 0 radical (unpaired) electrons. The molecule has 0 aliphatic heterocycles. The highest BCUT2D eigenvalue weighted by Gasteiger charge is 2.22. The summed E-state index contributed by atoms with van der Waals surface area (Å²) in [5.74, 6) is 1.85. The molecule has 25 heavy (non-hydrogen) atoms. The van der Waals surface area contributed by atoms with E-state index >= 15 is 0 Å². The van der Waals surface area contributed by atoms with Crippen LogP contribution < -0.4 is 5.56 Å². The fourth-order valence-electron chi connectivity index (χ4n) is 3.43. The molecular weight excluding hydrogens is 312 g/mol. The van der Waals surface area contributed by atoms with E-state index in [0.29, 0.717) is 17.3 Å². The second kappa shape index (κ2) is 7.64. The number of fused-ring (bicyclic) bond motifs is 1. The molecule has 5 heteroatoms. The van der Waals surface area contributed by atoms with Gasteiger partial charge in [-0.05, 0) is 19.3 Å². The molecule has 1 aromatic carbocycles. The summed E-state index contributed by atoms with van der Waals surface area (Å²) in [6, 6.07) is 9.76. The second-order valence-electron chi connectivity index (χ2n) is 6.47. The standard InChI is InChI=1S/C20H26N4O/c1-4-10-15(11-5-2)19-21-16(6-3)17-20(25)22-18(23-24(17)19)14-12-8-7-9-13-14/h7-9,12-13,15H,4-6,10-11H2,1-3H3,(H,22,23,25). The third-order valence-electron chi connectivity index (χ3n) is 4.62. The Balaban J connectivity index is 2.23.